The van der Waals surface area contributed by atoms with Gasteiger partial charge in [-0.15, -0.1) is 11.8 Å². The highest BCUT2D eigenvalue weighted by molar-refractivity contribution is 7.99. The van der Waals surface area contributed by atoms with Crippen LogP contribution in [0.3, 0.4) is 0 Å². The van der Waals surface area contributed by atoms with Crippen LogP contribution in [-0.2, 0) is 0 Å². The van der Waals surface area contributed by atoms with Crippen LogP contribution in [0.4, 0.5) is 5.69 Å². The molecule has 0 saturated heterocycles. The molecule has 0 aliphatic rings. The van der Waals surface area contributed by atoms with Gasteiger partial charge in [0.05, 0.1) is 10.5 Å². The van der Waals surface area contributed by atoms with Crippen molar-refractivity contribution in [3.63, 3.8) is 0 Å². The fraction of sp³-hybridized carbons (Fsp3) is 0.455. The molecule has 0 amide bonds. The predicted octanol–water partition coefficient (Wildman–Crippen LogP) is 2.85. The maximum Gasteiger partial charge on any atom is 0.269 e. The second-order valence-electron chi connectivity index (χ2n) is 3.89. The first-order valence-electron chi connectivity index (χ1n) is 5.04. The van der Waals surface area contributed by atoms with Gasteiger partial charge >= 0.3 is 0 Å². The molecule has 16 heavy (non-hydrogen) atoms. The minimum atomic E-state index is -0.688. The maximum atomic E-state index is 10.4. The van der Waals surface area contributed by atoms with E-state index < -0.39 is 10.5 Å². The monoisotopic (exact) mass is 241 g/mol. The van der Waals surface area contributed by atoms with Crippen LogP contribution in [0.25, 0.3) is 0 Å². The first-order valence-corrected chi connectivity index (χ1v) is 6.03. The Balaban J connectivity index is 2.59. The summed E-state index contributed by atoms with van der Waals surface area (Å²) in [5.74, 6) is 0.585. The highest BCUT2D eigenvalue weighted by Crippen LogP contribution is 2.25. The van der Waals surface area contributed by atoms with E-state index in [4.69, 9.17) is 0 Å². The molecule has 0 heterocycles. The van der Waals surface area contributed by atoms with E-state index in [2.05, 4.69) is 0 Å². The molecule has 0 aliphatic heterocycles. The highest BCUT2D eigenvalue weighted by atomic mass is 32.2. The normalized spacial score (nSPS) is 14.4. The molecule has 0 fully saturated rings. The zero-order chi connectivity index (χ0) is 12.2. The lowest BCUT2D eigenvalue weighted by molar-refractivity contribution is -0.384. The summed E-state index contributed by atoms with van der Waals surface area (Å²) in [5, 5.41) is 20.2. The van der Waals surface area contributed by atoms with Gasteiger partial charge in [0.1, 0.15) is 0 Å². The van der Waals surface area contributed by atoms with Crippen molar-refractivity contribution < 1.29 is 10.0 Å². The summed E-state index contributed by atoms with van der Waals surface area (Å²) < 4.78 is 0. The van der Waals surface area contributed by atoms with E-state index in [0.29, 0.717) is 12.2 Å². The standard InChI is InChI=1S/C11H15NO3S/c1-3-11(2,13)8-16-10-6-4-9(5-7-10)12(14)15/h4-7,13H,3,8H2,1-2H3. The summed E-state index contributed by atoms with van der Waals surface area (Å²) in [6.07, 6.45) is 0.687. The van der Waals surface area contributed by atoms with Crippen molar-refractivity contribution >= 4 is 17.4 Å². The van der Waals surface area contributed by atoms with Crippen molar-refractivity contribution in [3.8, 4) is 0 Å². The lowest BCUT2D eigenvalue weighted by atomic mass is 10.1. The van der Waals surface area contributed by atoms with E-state index in [1.165, 1.54) is 23.9 Å². The molecule has 88 valence electrons. The van der Waals surface area contributed by atoms with Crippen LogP contribution in [0.2, 0.25) is 0 Å². The summed E-state index contributed by atoms with van der Waals surface area (Å²) in [4.78, 5) is 10.9. The molecule has 4 nitrogen and oxygen atoms in total. The van der Waals surface area contributed by atoms with E-state index >= 15 is 0 Å². The van der Waals surface area contributed by atoms with Crippen LogP contribution in [0, 0.1) is 10.1 Å². The summed E-state index contributed by atoms with van der Waals surface area (Å²) in [6.45, 7) is 3.71. The molecule has 1 N–H and O–H groups in total. The van der Waals surface area contributed by atoms with Crippen LogP contribution in [-0.4, -0.2) is 21.4 Å². The number of nitro groups is 1. The van der Waals surface area contributed by atoms with Crippen LogP contribution in [0.1, 0.15) is 20.3 Å². The van der Waals surface area contributed by atoms with Gasteiger partial charge in [-0.25, -0.2) is 0 Å². The number of rotatable bonds is 5. The minimum Gasteiger partial charge on any atom is -0.389 e. The van der Waals surface area contributed by atoms with E-state index in [1.54, 1.807) is 19.1 Å². The second kappa shape index (κ2) is 5.32. The Hall–Kier alpha value is -1.07. The van der Waals surface area contributed by atoms with Crippen LogP contribution >= 0.6 is 11.8 Å². The fourth-order valence-corrected chi connectivity index (χ4v) is 2.02. The van der Waals surface area contributed by atoms with Gasteiger partial charge in [-0.1, -0.05) is 6.92 Å². The largest absolute Gasteiger partial charge is 0.389 e. The SMILES string of the molecule is CCC(C)(O)CSc1ccc([N+](=O)[O-])cc1. The van der Waals surface area contributed by atoms with Crippen molar-refractivity contribution in [1.29, 1.82) is 0 Å². The van der Waals surface area contributed by atoms with Crippen molar-refractivity contribution in [2.45, 2.75) is 30.8 Å². The van der Waals surface area contributed by atoms with Crippen LogP contribution in [0.15, 0.2) is 29.2 Å². The van der Waals surface area contributed by atoms with E-state index in [1.807, 2.05) is 6.92 Å². The average molecular weight is 241 g/mol. The molecule has 1 aromatic carbocycles. The van der Waals surface area contributed by atoms with Crippen molar-refractivity contribution in [2.75, 3.05) is 5.75 Å². The predicted molar refractivity (Wildman–Crippen MR) is 64.7 cm³/mol. The number of benzene rings is 1. The van der Waals surface area contributed by atoms with E-state index in [9.17, 15) is 15.2 Å². The molecule has 1 unspecified atom stereocenters. The number of hydrogen-bond acceptors (Lipinski definition) is 4. The number of aliphatic hydroxyl groups is 1. The Kier molecular flexibility index (Phi) is 4.32. The fourth-order valence-electron chi connectivity index (χ4n) is 1.00. The molecule has 0 aliphatic carbocycles. The molecule has 0 aromatic heterocycles. The quantitative estimate of drug-likeness (QED) is 0.489. The van der Waals surface area contributed by atoms with Gasteiger partial charge in [-0.05, 0) is 25.5 Å². The van der Waals surface area contributed by atoms with Crippen LogP contribution in [0.5, 0.6) is 0 Å². The highest BCUT2D eigenvalue weighted by Gasteiger charge is 2.17. The maximum absolute atomic E-state index is 10.4. The first-order chi connectivity index (χ1) is 7.44. The van der Waals surface area contributed by atoms with Gasteiger partial charge in [0.2, 0.25) is 0 Å². The van der Waals surface area contributed by atoms with Gasteiger partial charge in [-0.3, -0.25) is 10.1 Å². The molecule has 1 aromatic rings. The molecule has 0 saturated carbocycles. The summed E-state index contributed by atoms with van der Waals surface area (Å²) in [7, 11) is 0. The summed E-state index contributed by atoms with van der Waals surface area (Å²) in [5.41, 5.74) is -0.599. The van der Waals surface area contributed by atoms with E-state index in [-0.39, 0.29) is 5.69 Å². The number of hydrogen-bond donors (Lipinski definition) is 1. The van der Waals surface area contributed by atoms with Gasteiger partial charge in [0, 0.05) is 22.8 Å². The summed E-state index contributed by atoms with van der Waals surface area (Å²) >= 11 is 1.50. The smallest absolute Gasteiger partial charge is 0.269 e. The van der Waals surface area contributed by atoms with Gasteiger partial charge < -0.3 is 5.11 Å². The van der Waals surface area contributed by atoms with E-state index in [0.717, 1.165) is 4.90 Å². The molecule has 0 radical (unpaired) electrons. The third-order valence-electron chi connectivity index (χ3n) is 2.36. The zero-order valence-corrected chi connectivity index (χ0v) is 10.2. The molecule has 0 bridgehead atoms. The topological polar surface area (TPSA) is 63.4 Å². The zero-order valence-electron chi connectivity index (χ0n) is 9.34. The Bertz CT molecular complexity index is 362. The number of thioether (sulfide) groups is 1. The second-order valence-corrected chi connectivity index (χ2v) is 4.94. The third-order valence-corrected chi connectivity index (χ3v) is 3.73. The molecule has 0 spiro atoms. The Morgan fingerprint density at radius 2 is 2.00 bits per heavy atom. The minimum absolute atomic E-state index is 0.0894. The Morgan fingerprint density at radius 3 is 2.44 bits per heavy atom. The van der Waals surface area contributed by atoms with Crippen LogP contribution < -0.4 is 0 Å². The molecule has 1 atom stereocenters. The Labute approximate surface area is 98.8 Å². The molecule has 5 heteroatoms. The van der Waals surface area contributed by atoms with Crippen molar-refractivity contribution in [3.05, 3.63) is 34.4 Å². The Morgan fingerprint density at radius 1 is 1.44 bits per heavy atom. The lowest BCUT2D eigenvalue weighted by Gasteiger charge is -2.20. The molecule has 1 rings (SSSR count). The molecular weight excluding hydrogens is 226 g/mol. The average Bonchev–Trinajstić information content (AvgIpc) is 2.27. The lowest BCUT2D eigenvalue weighted by Crippen LogP contribution is -2.25. The number of nitrogens with zero attached hydrogens (tertiary/aromatic N) is 1. The van der Waals surface area contributed by atoms with Gasteiger partial charge in [0.25, 0.3) is 5.69 Å². The van der Waals surface area contributed by atoms with Gasteiger partial charge in [0.15, 0.2) is 0 Å². The number of nitro benzene ring substituents is 1. The van der Waals surface area contributed by atoms with Gasteiger partial charge in [-0.2, -0.15) is 0 Å². The number of non-ortho nitro benzene ring substituents is 1. The summed E-state index contributed by atoms with van der Waals surface area (Å²) in [6, 6.07) is 6.36. The molecular formula is C11H15NO3S. The van der Waals surface area contributed by atoms with Crippen molar-refractivity contribution in [1.82, 2.24) is 0 Å². The first kappa shape index (κ1) is 13.0. The third kappa shape index (κ3) is 3.83. The van der Waals surface area contributed by atoms with Crippen molar-refractivity contribution in [2.24, 2.45) is 0 Å².